The van der Waals surface area contributed by atoms with Crippen LogP contribution in [0.25, 0.3) is 0 Å². The van der Waals surface area contributed by atoms with Gasteiger partial charge < -0.3 is 10.2 Å². The average Bonchev–Trinajstić information content (AvgIpc) is 2.24. The van der Waals surface area contributed by atoms with Crippen molar-refractivity contribution in [2.75, 3.05) is 31.1 Å². The molecule has 1 aromatic rings. The van der Waals surface area contributed by atoms with Gasteiger partial charge in [0.15, 0.2) is 0 Å². The highest BCUT2D eigenvalue weighted by molar-refractivity contribution is 5.59. The van der Waals surface area contributed by atoms with Gasteiger partial charge >= 0.3 is 0 Å². The Morgan fingerprint density at radius 3 is 2.50 bits per heavy atom. The van der Waals surface area contributed by atoms with Crippen molar-refractivity contribution in [3.63, 3.8) is 0 Å². The molecule has 0 atom stereocenters. The van der Waals surface area contributed by atoms with Crippen LogP contribution in [0.3, 0.4) is 0 Å². The quantitative estimate of drug-likeness (QED) is 0.819. The summed E-state index contributed by atoms with van der Waals surface area (Å²) in [5.74, 6) is 0. The molecule has 0 amide bonds. The van der Waals surface area contributed by atoms with Gasteiger partial charge in [-0.15, -0.1) is 0 Å². The number of nitrogens with zero attached hydrogens (tertiary/aromatic N) is 1. The summed E-state index contributed by atoms with van der Waals surface area (Å²) in [6, 6.07) is 6.61. The molecule has 0 unspecified atom stereocenters. The van der Waals surface area contributed by atoms with Crippen molar-refractivity contribution in [2.24, 2.45) is 5.41 Å². The molecule has 0 radical (unpaired) electrons. The first kappa shape index (κ1) is 13.4. The Balaban J connectivity index is 2.29. The molecule has 1 N–H and O–H groups in total. The summed E-state index contributed by atoms with van der Waals surface area (Å²) in [4.78, 5) is 2.59. The zero-order chi connectivity index (χ0) is 13.2. The maximum atomic E-state index is 3.55. The van der Waals surface area contributed by atoms with Crippen molar-refractivity contribution >= 4 is 5.69 Å². The molecule has 1 aliphatic heterocycles. The number of aryl methyl sites for hydroxylation is 2. The number of hydrogen-bond donors (Lipinski definition) is 1. The third-order valence-electron chi connectivity index (χ3n) is 3.76. The summed E-state index contributed by atoms with van der Waals surface area (Å²) in [5, 5.41) is 3.55. The minimum absolute atomic E-state index is 0.329. The predicted molar refractivity (Wildman–Crippen MR) is 79.4 cm³/mol. The van der Waals surface area contributed by atoms with Crippen LogP contribution in [0, 0.1) is 19.3 Å². The van der Waals surface area contributed by atoms with Crippen LogP contribution < -0.4 is 10.2 Å². The largest absolute Gasteiger partial charge is 0.370 e. The Hall–Kier alpha value is -1.02. The van der Waals surface area contributed by atoms with E-state index in [0.29, 0.717) is 5.41 Å². The Morgan fingerprint density at radius 1 is 1.17 bits per heavy atom. The molecule has 1 fully saturated rings. The summed E-state index contributed by atoms with van der Waals surface area (Å²) in [7, 11) is 0. The van der Waals surface area contributed by atoms with Gasteiger partial charge in [0.05, 0.1) is 0 Å². The lowest BCUT2D eigenvalue weighted by Gasteiger charge is -2.38. The highest BCUT2D eigenvalue weighted by Crippen LogP contribution is 2.28. The lowest BCUT2D eigenvalue weighted by Crippen LogP contribution is -2.45. The van der Waals surface area contributed by atoms with Crippen LogP contribution in [0.5, 0.6) is 0 Å². The first-order valence-corrected chi connectivity index (χ1v) is 7.01. The zero-order valence-electron chi connectivity index (χ0n) is 12.2. The summed E-state index contributed by atoms with van der Waals surface area (Å²) in [6.07, 6.45) is 1.23. The van der Waals surface area contributed by atoms with E-state index in [1.165, 1.54) is 23.2 Å². The van der Waals surface area contributed by atoms with E-state index in [1.54, 1.807) is 0 Å². The molecule has 2 rings (SSSR count). The molecule has 1 aliphatic rings. The fraction of sp³-hybridized carbons (Fsp3) is 0.625. The first-order chi connectivity index (χ1) is 8.49. The van der Waals surface area contributed by atoms with E-state index in [-0.39, 0.29) is 0 Å². The summed E-state index contributed by atoms with van der Waals surface area (Å²) in [5.41, 5.74) is 4.58. The van der Waals surface area contributed by atoms with Gasteiger partial charge in [-0.1, -0.05) is 32.0 Å². The molecule has 0 aliphatic carbocycles. The van der Waals surface area contributed by atoms with Crippen LogP contribution in [0.15, 0.2) is 18.2 Å². The molecule has 1 saturated heterocycles. The molecule has 2 nitrogen and oxygen atoms in total. The minimum atomic E-state index is 0.329. The molecule has 0 aromatic heterocycles. The predicted octanol–water partition coefficient (Wildman–Crippen LogP) is 3.13. The van der Waals surface area contributed by atoms with Crippen LogP contribution in [0.2, 0.25) is 0 Å². The molecule has 1 aromatic carbocycles. The van der Waals surface area contributed by atoms with Gasteiger partial charge in [0.1, 0.15) is 0 Å². The monoisotopic (exact) mass is 246 g/mol. The number of anilines is 1. The maximum absolute atomic E-state index is 3.55. The fourth-order valence-electron chi connectivity index (χ4n) is 2.97. The molecular weight excluding hydrogens is 220 g/mol. The molecule has 0 spiro atoms. The molecule has 0 bridgehead atoms. The van der Waals surface area contributed by atoms with E-state index in [9.17, 15) is 0 Å². The smallest absolute Gasteiger partial charge is 0.0425 e. The topological polar surface area (TPSA) is 15.3 Å². The van der Waals surface area contributed by atoms with Gasteiger partial charge in [-0.3, -0.25) is 0 Å². The summed E-state index contributed by atoms with van der Waals surface area (Å²) >= 11 is 0. The molecule has 100 valence electrons. The van der Waals surface area contributed by atoms with E-state index in [1.807, 2.05) is 0 Å². The number of para-hydroxylation sites is 1. The second kappa shape index (κ2) is 5.31. The highest BCUT2D eigenvalue weighted by Gasteiger charge is 2.24. The van der Waals surface area contributed by atoms with Crippen molar-refractivity contribution in [1.82, 2.24) is 5.32 Å². The number of benzene rings is 1. The van der Waals surface area contributed by atoms with Gasteiger partial charge in [0.2, 0.25) is 0 Å². The van der Waals surface area contributed by atoms with Crippen LogP contribution in [0.4, 0.5) is 5.69 Å². The third kappa shape index (κ3) is 3.05. The highest BCUT2D eigenvalue weighted by atomic mass is 15.2. The molecular formula is C16H26N2. The van der Waals surface area contributed by atoms with E-state index in [2.05, 4.69) is 56.1 Å². The Bertz CT molecular complexity index is 389. The average molecular weight is 246 g/mol. The lowest BCUT2D eigenvalue weighted by atomic mass is 9.91. The number of hydrogen-bond acceptors (Lipinski definition) is 2. The van der Waals surface area contributed by atoms with Crippen molar-refractivity contribution in [3.05, 3.63) is 29.3 Å². The fourth-order valence-corrected chi connectivity index (χ4v) is 2.97. The Kier molecular flexibility index (Phi) is 3.96. The van der Waals surface area contributed by atoms with E-state index in [4.69, 9.17) is 0 Å². The molecule has 18 heavy (non-hydrogen) atoms. The van der Waals surface area contributed by atoms with Crippen molar-refractivity contribution < 1.29 is 0 Å². The van der Waals surface area contributed by atoms with Gasteiger partial charge in [0, 0.05) is 25.3 Å². The summed E-state index contributed by atoms with van der Waals surface area (Å²) in [6.45, 7) is 13.7. The van der Waals surface area contributed by atoms with Crippen LogP contribution in [-0.4, -0.2) is 26.2 Å². The van der Waals surface area contributed by atoms with Crippen molar-refractivity contribution in [2.45, 2.75) is 34.1 Å². The molecule has 1 heterocycles. The summed E-state index contributed by atoms with van der Waals surface area (Å²) < 4.78 is 0. The zero-order valence-corrected chi connectivity index (χ0v) is 12.2. The molecule has 0 saturated carbocycles. The molecule has 2 heteroatoms. The first-order valence-electron chi connectivity index (χ1n) is 7.01. The van der Waals surface area contributed by atoms with Gasteiger partial charge in [-0.05, 0) is 43.4 Å². The second-order valence-electron chi connectivity index (χ2n) is 6.36. The SMILES string of the molecule is Cc1cccc(C)c1N1CCCNCC(C)(C)C1. The van der Waals surface area contributed by atoms with Gasteiger partial charge in [0.25, 0.3) is 0 Å². The van der Waals surface area contributed by atoms with Crippen LogP contribution in [0.1, 0.15) is 31.4 Å². The maximum Gasteiger partial charge on any atom is 0.0425 e. The van der Waals surface area contributed by atoms with E-state index >= 15 is 0 Å². The standard InChI is InChI=1S/C16H26N2/c1-13-7-5-8-14(2)15(13)18-10-6-9-17-11-16(3,4)12-18/h5,7-8,17H,6,9-12H2,1-4H3. The number of nitrogens with one attached hydrogen (secondary N) is 1. The van der Waals surface area contributed by atoms with Gasteiger partial charge in [-0.25, -0.2) is 0 Å². The van der Waals surface area contributed by atoms with Crippen LogP contribution in [-0.2, 0) is 0 Å². The van der Waals surface area contributed by atoms with Crippen LogP contribution >= 0.6 is 0 Å². The van der Waals surface area contributed by atoms with E-state index < -0.39 is 0 Å². The van der Waals surface area contributed by atoms with Crippen molar-refractivity contribution in [3.8, 4) is 0 Å². The minimum Gasteiger partial charge on any atom is -0.370 e. The lowest BCUT2D eigenvalue weighted by molar-refractivity contribution is 0.325. The van der Waals surface area contributed by atoms with Gasteiger partial charge in [-0.2, -0.15) is 0 Å². The Labute approximate surface area is 111 Å². The second-order valence-corrected chi connectivity index (χ2v) is 6.36. The normalized spacial score (nSPS) is 20.3. The number of rotatable bonds is 1. The van der Waals surface area contributed by atoms with E-state index in [0.717, 1.165) is 26.2 Å². The van der Waals surface area contributed by atoms with Crippen molar-refractivity contribution in [1.29, 1.82) is 0 Å². The third-order valence-corrected chi connectivity index (χ3v) is 3.76. The Morgan fingerprint density at radius 2 is 1.83 bits per heavy atom.